The van der Waals surface area contributed by atoms with Crippen molar-refractivity contribution in [1.82, 2.24) is 10.3 Å². The minimum absolute atomic E-state index is 0.0431. The lowest BCUT2D eigenvalue weighted by molar-refractivity contribution is 0.0954. The van der Waals surface area contributed by atoms with E-state index in [-0.39, 0.29) is 5.91 Å². The van der Waals surface area contributed by atoms with E-state index < -0.39 is 0 Å². The summed E-state index contributed by atoms with van der Waals surface area (Å²) < 4.78 is 0.923. The van der Waals surface area contributed by atoms with Crippen LogP contribution >= 0.6 is 15.9 Å². The van der Waals surface area contributed by atoms with Crippen molar-refractivity contribution < 1.29 is 4.79 Å². The maximum absolute atomic E-state index is 12.0. The number of carbonyl (C=O) groups is 1. The third-order valence-electron chi connectivity index (χ3n) is 2.75. The van der Waals surface area contributed by atoms with Crippen LogP contribution in [0.3, 0.4) is 0 Å². The Morgan fingerprint density at radius 2 is 2.00 bits per heavy atom. The topological polar surface area (TPSA) is 42.0 Å². The predicted octanol–water partition coefficient (Wildman–Crippen LogP) is 3.13. The Morgan fingerprint density at radius 3 is 2.68 bits per heavy atom. The first-order valence-electron chi connectivity index (χ1n) is 6.09. The summed E-state index contributed by atoms with van der Waals surface area (Å²) in [5, 5.41) is 2.92. The summed E-state index contributed by atoms with van der Waals surface area (Å²) in [6.07, 6.45) is 4.32. The van der Waals surface area contributed by atoms with Crippen LogP contribution in [0.2, 0.25) is 0 Å². The molecule has 2 rings (SSSR count). The highest BCUT2D eigenvalue weighted by Crippen LogP contribution is 2.15. The average molecular weight is 319 g/mol. The zero-order valence-electron chi connectivity index (χ0n) is 10.7. The van der Waals surface area contributed by atoms with E-state index in [2.05, 4.69) is 26.2 Å². The normalized spacial score (nSPS) is 10.2. The molecule has 0 aliphatic carbocycles. The smallest absolute Gasteiger partial charge is 0.251 e. The van der Waals surface area contributed by atoms with E-state index in [1.165, 1.54) is 5.56 Å². The van der Waals surface area contributed by atoms with Gasteiger partial charge in [-0.2, -0.15) is 0 Å². The summed E-state index contributed by atoms with van der Waals surface area (Å²) >= 11 is 3.40. The minimum Gasteiger partial charge on any atom is -0.352 e. The number of halogens is 1. The van der Waals surface area contributed by atoms with Crippen LogP contribution in [0.4, 0.5) is 0 Å². The lowest BCUT2D eigenvalue weighted by Crippen LogP contribution is -2.25. The van der Waals surface area contributed by atoms with Crippen molar-refractivity contribution in [3.05, 3.63) is 63.9 Å². The van der Waals surface area contributed by atoms with Crippen LogP contribution in [0.15, 0.2) is 47.2 Å². The zero-order valence-corrected chi connectivity index (χ0v) is 12.3. The first-order valence-corrected chi connectivity index (χ1v) is 6.89. The van der Waals surface area contributed by atoms with Crippen LogP contribution in [0, 0.1) is 6.92 Å². The molecule has 0 bridgehead atoms. The Balaban J connectivity index is 1.91. The Bertz CT molecular complexity index is 549. The first-order chi connectivity index (χ1) is 9.15. The molecule has 0 aliphatic rings. The molecule has 0 aliphatic heterocycles. The Labute approximate surface area is 121 Å². The highest BCUT2D eigenvalue weighted by molar-refractivity contribution is 9.10. The number of amides is 1. The SMILES string of the molecule is Cc1cc(Br)cc(C(=O)NCCc2ccncc2)c1. The van der Waals surface area contributed by atoms with E-state index in [9.17, 15) is 4.79 Å². The number of hydrogen-bond acceptors (Lipinski definition) is 2. The van der Waals surface area contributed by atoms with E-state index in [4.69, 9.17) is 0 Å². The van der Waals surface area contributed by atoms with Crippen molar-refractivity contribution in [3.63, 3.8) is 0 Å². The first kappa shape index (κ1) is 13.7. The lowest BCUT2D eigenvalue weighted by Gasteiger charge is -2.06. The molecule has 2 aromatic rings. The van der Waals surface area contributed by atoms with Gasteiger partial charge in [-0.3, -0.25) is 9.78 Å². The second-order valence-corrected chi connectivity index (χ2v) is 5.29. The molecule has 0 saturated carbocycles. The van der Waals surface area contributed by atoms with Crippen molar-refractivity contribution in [2.45, 2.75) is 13.3 Å². The molecule has 1 N–H and O–H groups in total. The van der Waals surface area contributed by atoms with E-state index in [0.29, 0.717) is 12.1 Å². The van der Waals surface area contributed by atoms with Gasteiger partial charge in [-0.15, -0.1) is 0 Å². The van der Waals surface area contributed by atoms with Crippen molar-refractivity contribution in [3.8, 4) is 0 Å². The number of nitrogens with one attached hydrogen (secondary N) is 1. The molecule has 19 heavy (non-hydrogen) atoms. The largest absolute Gasteiger partial charge is 0.352 e. The number of hydrogen-bond donors (Lipinski definition) is 1. The van der Waals surface area contributed by atoms with Crippen molar-refractivity contribution in [1.29, 1.82) is 0 Å². The number of nitrogens with zero attached hydrogens (tertiary/aromatic N) is 1. The van der Waals surface area contributed by atoms with Gasteiger partial charge in [0.1, 0.15) is 0 Å². The summed E-state index contributed by atoms with van der Waals surface area (Å²) in [7, 11) is 0. The van der Waals surface area contributed by atoms with Gasteiger partial charge in [0.25, 0.3) is 5.91 Å². The third-order valence-corrected chi connectivity index (χ3v) is 3.21. The fourth-order valence-electron chi connectivity index (χ4n) is 1.84. The molecule has 0 unspecified atom stereocenters. The van der Waals surface area contributed by atoms with Crippen LogP contribution < -0.4 is 5.32 Å². The van der Waals surface area contributed by atoms with Gasteiger partial charge < -0.3 is 5.32 Å². The average Bonchev–Trinajstić information content (AvgIpc) is 2.38. The quantitative estimate of drug-likeness (QED) is 0.941. The summed E-state index contributed by atoms with van der Waals surface area (Å²) in [6.45, 7) is 2.59. The molecule has 98 valence electrons. The third kappa shape index (κ3) is 4.17. The molecule has 0 atom stereocenters. The summed E-state index contributed by atoms with van der Waals surface area (Å²) in [5.41, 5.74) is 2.91. The molecule has 0 saturated heterocycles. The van der Waals surface area contributed by atoms with Gasteiger partial charge in [0.2, 0.25) is 0 Å². The minimum atomic E-state index is -0.0431. The zero-order chi connectivity index (χ0) is 13.7. The summed E-state index contributed by atoms with van der Waals surface area (Å²) in [6, 6.07) is 9.60. The van der Waals surface area contributed by atoms with Gasteiger partial charge in [0.05, 0.1) is 0 Å². The van der Waals surface area contributed by atoms with Crippen LogP contribution in [0.5, 0.6) is 0 Å². The number of rotatable bonds is 4. The van der Waals surface area contributed by atoms with Crippen molar-refractivity contribution in [2.24, 2.45) is 0 Å². The Hall–Kier alpha value is -1.68. The summed E-state index contributed by atoms with van der Waals surface area (Å²) in [5.74, 6) is -0.0431. The highest BCUT2D eigenvalue weighted by atomic mass is 79.9. The Morgan fingerprint density at radius 1 is 1.26 bits per heavy atom. The van der Waals surface area contributed by atoms with Gasteiger partial charge in [0, 0.05) is 29.0 Å². The molecule has 0 fully saturated rings. The van der Waals surface area contributed by atoms with E-state index in [1.54, 1.807) is 12.4 Å². The van der Waals surface area contributed by atoms with Crippen LogP contribution in [-0.4, -0.2) is 17.4 Å². The van der Waals surface area contributed by atoms with Gasteiger partial charge in [0.15, 0.2) is 0 Å². The number of aryl methyl sites for hydroxylation is 1. The lowest BCUT2D eigenvalue weighted by atomic mass is 10.1. The van der Waals surface area contributed by atoms with Gasteiger partial charge >= 0.3 is 0 Å². The predicted molar refractivity (Wildman–Crippen MR) is 79.2 cm³/mol. The molecule has 0 radical (unpaired) electrons. The summed E-state index contributed by atoms with van der Waals surface area (Å²) in [4.78, 5) is 16.0. The van der Waals surface area contributed by atoms with Crippen molar-refractivity contribution >= 4 is 21.8 Å². The van der Waals surface area contributed by atoms with Crippen LogP contribution in [0.1, 0.15) is 21.5 Å². The second-order valence-electron chi connectivity index (χ2n) is 4.38. The fourth-order valence-corrected chi connectivity index (χ4v) is 2.45. The highest BCUT2D eigenvalue weighted by Gasteiger charge is 2.06. The molecule has 0 spiro atoms. The molecule has 1 amide bonds. The number of aromatic nitrogens is 1. The monoisotopic (exact) mass is 318 g/mol. The second kappa shape index (κ2) is 6.48. The van der Waals surface area contributed by atoms with E-state index in [1.807, 2.05) is 37.3 Å². The van der Waals surface area contributed by atoms with E-state index >= 15 is 0 Å². The number of pyridine rings is 1. The number of benzene rings is 1. The van der Waals surface area contributed by atoms with Gasteiger partial charge in [-0.25, -0.2) is 0 Å². The maximum atomic E-state index is 12.0. The Kier molecular flexibility index (Phi) is 4.68. The van der Waals surface area contributed by atoms with Crippen molar-refractivity contribution in [2.75, 3.05) is 6.54 Å². The van der Waals surface area contributed by atoms with Gasteiger partial charge in [-0.05, 0) is 54.8 Å². The van der Waals surface area contributed by atoms with E-state index in [0.717, 1.165) is 16.5 Å². The molecule has 3 nitrogen and oxygen atoms in total. The molecular weight excluding hydrogens is 304 g/mol. The molecule has 4 heteroatoms. The maximum Gasteiger partial charge on any atom is 0.251 e. The molecule has 1 aromatic carbocycles. The van der Waals surface area contributed by atoms with Crippen LogP contribution in [-0.2, 0) is 6.42 Å². The molecular formula is C15H15BrN2O. The number of carbonyl (C=O) groups excluding carboxylic acids is 1. The van der Waals surface area contributed by atoms with Crippen LogP contribution in [0.25, 0.3) is 0 Å². The molecule has 1 aromatic heterocycles. The van der Waals surface area contributed by atoms with Gasteiger partial charge in [-0.1, -0.05) is 15.9 Å². The standard InChI is InChI=1S/C15H15BrN2O/c1-11-8-13(10-14(16)9-11)15(19)18-7-4-12-2-5-17-6-3-12/h2-3,5-6,8-10H,4,7H2,1H3,(H,18,19). The molecule has 1 heterocycles. The fraction of sp³-hybridized carbons (Fsp3) is 0.200.